The summed E-state index contributed by atoms with van der Waals surface area (Å²) in [4.78, 5) is 91.7. The van der Waals surface area contributed by atoms with Crippen molar-refractivity contribution in [2.75, 3.05) is 0 Å². The molecule has 60 nitrogen and oxygen atoms in total. The Hall–Kier alpha value is -11.3. The lowest BCUT2D eigenvalue weighted by Gasteiger charge is -2.47. The van der Waals surface area contributed by atoms with Crippen LogP contribution in [-0.4, -0.2) is 228 Å². The molecule has 12 N–H and O–H groups in total. The lowest BCUT2D eigenvalue weighted by atomic mass is 9.83. The van der Waals surface area contributed by atoms with E-state index in [-0.39, 0.29) is 109 Å². The highest BCUT2D eigenvalue weighted by molar-refractivity contribution is 7.83. The summed E-state index contributed by atoms with van der Waals surface area (Å²) in [5.41, 5.74) is -10.5. The topological polar surface area (TPSA) is 921 Å². The van der Waals surface area contributed by atoms with Gasteiger partial charge in [-0.2, -0.15) is 101 Å². The second-order valence-corrected chi connectivity index (χ2v) is 33.7. The van der Waals surface area contributed by atoms with Crippen LogP contribution >= 0.6 is 0 Å². The number of carbonyl (C=O) groups is 6. The number of hydrogen-bond donors (Lipinski definition) is 12. The van der Waals surface area contributed by atoms with Crippen LogP contribution in [-0.2, 0) is 153 Å². The SMILES string of the molecule is O=C(OC1[C@H](OC(=O)c2cc(OS(=O)(=O)O)cc(OS(=O)(=O)O)c2)[C@H](OC(=O)c2cc(OS(=O)(=O)O)cc(OS(=O)(=O)O)c2)C(OC(=O)c2ccc(OS(=O)(=O)O)cc2OS(=O)(=O)O)[C@H](OC(=O)c2cc(OS(=O)(=O)O)cc(OS(=O)(=O)O)c2)[C@H]1OC(=O)c1cc(OS(=O)(=O)O)cc(OS(=O)(=O)O)c1)c1cc(OS(=O)(=O)O)cc(OS(=O)(=O)O)c1. The average Bonchev–Trinajstić information content (AvgIpc) is 0.743. The van der Waals surface area contributed by atoms with Crippen molar-refractivity contribution in [1.82, 2.24) is 0 Å². The molecule has 72 heteroatoms. The molecule has 1 aliphatic rings. The van der Waals surface area contributed by atoms with Crippen molar-refractivity contribution in [2.24, 2.45) is 0 Å². The molecule has 0 aliphatic heterocycles. The third kappa shape index (κ3) is 31.7. The molecule has 0 spiro atoms. The number of carbonyl (C=O) groups excluding carboxylic acids is 6. The molecule has 6 aromatic rings. The molecule has 1 fully saturated rings. The largest absolute Gasteiger partial charge is 0.450 e. The summed E-state index contributed by atoms with van der Waals surface area (Å²) in [6.45, 7) is 0. The van der Waals surface area contributed by atoms with E-state index in [4.69, 9.17) is 28.4 Å². The van der Waals surface area contributed by atoms with Crippen molar-refractivity contribution in [3.63, 3.8) is 0 Å². The lowest BCUT2D eigenvalue weighted by Crippen LogP contribution is -2.69. The van der Waals surface area contributed by atoms with Gasteiger partial charge < -0.3 is 78.6 Å². The van der Waals surface area contributed by atoms with E-state index in [1.165, 1.54) is 0 Å². The van der Waals surface area contributed by atoms with Gasteiger partial charge in [0.05, 0.1) is 27.8 Å². The number of ether oxygens (including phenoxy) is 6. The maximum atomic E-state index is 15.3. The minimum Gasteiger partial charge on any atom is -0.450 e. The highest BCUT2D eigenvalue weighted by atomic mass is 32.3. The van der Waals surface area contributed by atoms with E-state index in [2.05, 4.69) is 50.2 Å². The van der Waals surface area contributed by atoms with Crippen molar-refractivity contribution in [3.8, 4) is 69.0 Å². The van der Waals surface area contributed by atoms with E-state index in [1.54, 1.807) is 0 Å². The van der Waals surface area contributed by atoms with Gasteiger partial charge in [-0.05, 0) is 72.8 Å². The summed E-state index contributed by atoms with van der Waals surface area (Å²) in [7, 11) is -72.5. The molecule has 0 saturated heterocycles. The zero-order chi connectivity index (χ0) is 90.8. The Kier molecular flexibility index (Phi) is 28.1. The highest BCUT2D eigenvalue weighted by Gasteiger charge is 2.62. The Labute approximate surface area is 667 Å². The van der Waals surface area contributed by atoms with Crippen LogP contribution in [0.4, 0.5) is 0 Å². The molecular weight excluding hydrogens is 1920 g/mol. The van der Waals surface area contributed by atoms with Gasteiger partial charge in [0.2, 0.25) is 0 Å². The zero-order valence-electron chi connectivity index (χ0n) is 55.7. The predicted molar refractivity (Wildman–Crippen MR) is 360 cm³/mol. The smallest absolute Gasteiger partial charge is 0.446 e. The summed E-state index contributed by atoms with van der Waals surface area (Å²) in [6.07, 6.45) is -23.5. The normalized spacial score (nSPS) is 17.0. The first kappa shape index (κ1) is 95.8. The molecule has 1 aliphatic carbocycles. The van der Waals surface area contributed by atoms with Crippen LogP contribution in [0.25, 0.3) is 0 Å². The van der Waals surface area contributed by atoms with Gasteiger partial charge in [-0.15, -0.1) is 0 Å². The molecule has 1 saturated carbocycles. The van der Waals surface area contributed by atoms with E-state index in [0.29, 0.717) is 0 Å². The third-order valence-corrected chi connectivity index (χ3v) is 17.4. The highest BCUT2D eigenvalue weighted by Crippen LogP contribution is 2.41. The van der Waals surface area contributed by atoms with E-state index in [1.807, 2.05) is 0 Å². The fraction of sp³-hybridized carbons (Fsp3) is 0.125. The number of benzene rings is 6. The maximum absolute atomic E-state index is 15.3. The summed E-state index contributed by atoms with van der Waals surface area (Å²) < 4.78 is 491. The average molecular weight is 1960 g/mol. The van der Waals surface area contributed by atoms with Crippen LogP contribution in [0.5, 0.6) is 69.0 Å². The minimum atomic E-state index is -6.27. The first-order valence-electron chi connectivity index (χ1n) is 28.4. The Bertz CT molecular complexity index is 6110. The fourth-order valence-corrected chi connectivity index (χ4v) is 13.3. The number of rotatable bonds is 36. The molecule has 120 heavy (non-hydrogen) atoms. The van der Waals surface area contributed by atoms with Gasteiger partial charge in [0.15, 0.2) is 42.4 Å². The van der Waals surface area contributed by atoms with Gasteiger partial charge in [0.25, 0.3) is 0 Å². The molecule has 660 valence electrons. The van der Waals surface area contributed by atoms with Crippen LogP contribution in [0.2, 0.25) is 0 Å². The summed E-state index contributed by atoms with van der Waals surface area (Å²) in [5.74, 6) is -35.6. The van der Waals surface area contributed by atoms with E-state index in [9.17, 15) is 156 Å². The van der Waals surface area contributed by atoms with Gasteiger partial charge >= 0.3 is 161 Å². The van der Waals surface area contributed by atoms with Crippen LogP contribution in [0.1, 0.15) is 62.1 Å². The van der Waals surface area contributed by atoms with E-state index < -0.39 is 300 Å². The van der Waals surface area contributed by atoms with Gasteiger partial charge in [0.1, 0.15) is 68.8 Å². The standard InChI is InChI=1S/C48H36O60S12/c49-43(19-3-25(98-110(58,59)60)13-26(4-19)99-111(61,62)63)91-37-38(92-44(50)20-5-27(100-112(64,65)66)14-28(6-20)101-113(67,68)69)40(94-46(52)22-9-31(104-116(76,77)78)16-32(10-22)105-117(79,80)81)42(96-48(54)35-2-1-24(97-109(55,56)57)18-36(35)108-120(88,89)90)41(95-47(53)23-11-33(106-118(82,83)84)17-34(12-23)107-119(85,86)87)39(37)93-45(51)21-7-29(102-114(70,71)72)15-30(8-21)103-115(73,74)75/h1-18,37-42H,(H,55,56,57)(H,58,59,60)(H,61,62,63)(H,64,65,66)(H,67,68,69)(H,70,71,72)(H,73,74,75)(H,76,77,78)(H,79,80,81)(H,82,83,84)(H,85,86,87)(H,88,89,90)/t37?,38-,39-,40-,41+,42?/m0/s1. The van der Waals surface area contributed by atoms with Gasteiger partial charge in [-0.1, -0.05) is 0 Å². The van der Waals surface area contributed by atoms with Gasteiger partial charge in [-0.25, -0.2) is 28.8 Å². The molecule has 0 radical (unpaired) electrons. The second kappa shape index (κ2) is 35.2. The molecule has 0 bridgehead atoms. The monoisotopic (exact) mass is 1960 g/mol. The first-order valence-corrected chi connectivity index (χ1v) is 44.8. The van der Waals surface area contributed by atoms with Crippen molar-refractivity contribution in [1.29, 1.82) is 0 Å². The van der Waals surface area contributed by atoms with Crippen molar-refractivity contribution in [2.45, 2.75) is 36.6 Å². The first-order chi connectivity index (χ1) is 54.2. The summed E-state index contributed by atoms with van der Waals surface area (Å²) in [6, 6.07) is -0.533. The molecule has 0 heterocycles. The van der Waals surface area contributed by atoms with Crippen LogP contribution in [0.15, 0.2) is 109 Å². The summed E-state index contributed by atoms with van der Waals surface area (Å²) in [5, 5.41) is 0. The maximum Gasteiger partial charge on any atom is 0.446 e. The molecule has 0 amide bonds. The Morgan fingerprint density at radius 2 is 0.325 bits per heavy atom. The lowest BCUT2D eigenvalue weighted by molar-refractivity contribution is -0.223. The Morgan fingerprint density at radius 1 is 0.183 bits per heavy atom. The Morgan fingerprint density at radius 3 is 0.475 bits per heavy atom. The fourth-order valence-electron chi connectivity index (χ4n) is 9.24. The molecule has 6 aromatic carbocycles. The Balaban J connectivity index is 1.78. The summed E-state index contributed by atoms with van der Waals surface area (Å²) >= 11 is 0. The number of esters is 6. The van der Waals surface area contributed by atoms with E-state index >= 15 is 28.8 Å². The molecule has 6 atom stereocenters. The quantitative estimate of drug-likeness (QED) is 0.0110. The van der Waals surface area contributed by atoms with E-state index in [0.717, 1.165) is 0 Å². The molecular formula is C48H36O60S12. The van der Waals surface area contributed by atoms with Gasteiger partial charge in [-0.3, -0.25) is 54.6 Å². The number of hydrogen-bond acceptors (Lipinski definition) is 48. The molecule has 2 unspecified atom stereocenters. The van der Waals surface area contributed by atoms with Gasteiger partial charge in [0, 0.05) is 36.4 Å². The van der Waals surface area contributed by atoms with Crippen molar-refractivity contribution >= 4 is 161 Å². The molecule has 7 rings (SSSR count). The van der Waals surface area contributed by atoms with Crippen LogP contribution in [0, 0.1) is 0 Å². The predicted octanol–water partition coefficient (Wildman–Crippen LogP) is -2.47. The molecule has 0 aromatic heterocycles. The van der Waals surface area contributed by atoms with Crippen LogP contribution < -0.4 is 50.2 Å². The zero-order valence-corrected chi connectivity index (χ0v) is 65.5. The minimum absolute atomic E-state index is 0.00430. The second-order valence-electron chi connectivity index (χ2n) is 21.5. The van der Waals surface area contributed by atoms with Crippen molar-refractivity contribution < 1.29 is 263 Å². The third-order valence-electron chi connectivity index (χ3n) is 12.6. The van der Waals surface area contributed by atoms with Crippen molar-refractivity contribution in [3.05, 3.63) is 143 Å². The van der Waals surface area contributed by atoms with Crippen LogP contribution in [0.3, 0.4) is 0 Å².